The molecule has 0 fully saturated rings. The minimum absolute atomic E-state index is 0.365. The van der Waals surface area contributed by atoms with Crippen LogP contribution in [0.25, 0.3) is 0 Å². The molecule has 0 saturated heterocycles. The van der Waals surface area contributed by atoms with Crippen LogP contribution < -0.4 is 5.32 Å². The summed E-state index contributed by atoms with van der Waals surface area (Å²) in [5.41, 5.74) is 4.07. The van der Waals surface area contributed by atoms with E-state index in [0.29, 0.717) is 6.04 Å². The highest BCUT2D eigenvalue weighted by atomic mass is 79.9. The molecule has 0 bridgehead atoms. The van der Waals surface area contributed by atoms with Crippen LogP contribution in [0, 0.1) is 0 Å². The molecule has 2 aromatic carbocycles. The smallest absolute Gasteiger partial charge is 0.0294 e. The van der Waals surface area contributed by atoms with Gasteiger partial charge in [-0.2, -0.15) is 0 Å². The molecule has 2 heteroatoms. The fraction of sp³-hybridized carbons (Fsp3) is 0.333. The van der Waals surface area contributed by atoms with Crippen LogP contribution in [0.4, 0.5) is 0 Å². The lowest BCUT2D eigenvalue weighted by atomic mass is 10.0. The van der Waals surface area contributed by atoms with Crippen molar-refractivity contribution in [3.05, 3.63) is 69.7 Å². The molecule has 0 spiro atoms. The van der Waals surface area contributed by atoms with Gasteiger partial charge in [0.1, 0.15) is 0 Å². The zero-order chi connectivity index (χ0) is 14.4. The lowest BCUT2D eigenvalue weighted by molar-refractivity contribution is 0.574. The second-order valence-corrected chi connectivity index (χ2v) is 6.14. The molecule has 106 valence electrons. The molecule has 0 radical (unpaired) electrons. The van der Waals surface area contributed by atoms with E-state index in [-0.39, 0.29) is 0 Å². The van der Waals surface area contributed by atoms with Gasteiger partial charge in [-0.15, -0.1) is 0 Å². The first-order valence-electron chi connectivity index (χ1n) is 7.25. The summed E-state index contributed by atoms with van der Waals surface area (Å²) in [6.45, 7) is 5.32. The van der Waals surface area contributed by atoms with E-state index in [4.69, 9.17) is 0 Å². The summed E-state index contributed by atoms with van der Waals surface area (Å²) in [6.07, 6.45) is 2.37. The number of halogens is 1. The summed E-state index contributed by atoms with van der Waals surface area (Å²) in [6, 6.07) is 17.8. The predicted octanol–water partition coefficient (Wildman–Crippen LogP) is 5.25. The monoisotopic (exact) mass is 331 g/mol. The molecule has 1 nitrogen and oxygen atoms in total. The third-order valence-corrected chi connectivity index (χ3v) is 4.01. The molecule has 0 saturated carbocycles. The molecule has 0 aliphatic rings. The van der Waals surface area contributed by atoms with Crippen molar-refractivity contribution in [2.45, 2.75) is 39.3 Å². The van der Waals surface area contributed by atoms with Gasteiger partial charge in [-0.25, -0.2) is 0 Å². The van der Waals surface area contributed by atoms with E-state index in [1.165, 1.54) is 29.5 Å². The van der Waals surface area contributed by atoms with Crippen molar-refractivity contribution in [3.63, 3.8) is 0 Å². The Morgan fingerprint density at radius 2 is 1.80 bits per heavy atom. The SMILES string of the molecule is CCCc1ccc(C(C)NCc2cccc(Br)c2)cc1. The van der Waals surface area contributed by atoms with Gasteiger partial charge in [0.05, 0.1) is 0 Å². The average molecular weight is 332 g/mol. The van der Waals surface area contributed by atoms with Crippen molar-refractivity contribution in [1.82, 2.24) is 5.32 Å². The van der Waals surface area contributed by atoms with E-state index in [1.807, 2.05) is 0 Å². The van der Waals surface area contributed by atoms with Gasteiger partial charge in [0, 0.05) is 17.1 Å². The highest BCUT2D eigenvalue weighted by Crippen LogP contribution is 2.16. The Kier molecular flexibility index (Phi) is 5.81. The van der Waals surface area contributed by atoms with Gasteiger partial charge in [0.2, 0.25) is 0 Å². The molecule has 0 aliphatic heterocycles. The number of hydrogen-bond acceptors (Lipinski definition) is 1. The van der Waals surface area contributed by atoms with Crippen molar-refractivity contribution in [1.29, 1.82) is 0 Å². The Hall–Kier alpha value is -1.12. The van der Waals surface area contributed by atoms with Crippen LogP contribution in [0.15, 0.2) is 53.0 Å². The maximum absolute atomic E-state index is 3.57. The van der Waals surface area contributed by atoms with Crippen molar-refractivity contribution in [3.8, 4) is 0 Å². The second-order valence-electron chi connectivity index (χ2n) is 5.22. The average Bonchev–Trinajstić information content (AvgIpc) is 2.46. The fourth-order valence-corrected chi connectivity index (χ4v) is 2.74. The summed E-state index contributed by atoms with van der Waals surface area (Å²) in [4.78, 5) is 0. The Bertz CT molecular complexity index is 533. The number of rotatable bonds is 6. The van der Waals surface area contributed by atoms with Crippen LogP contribution in [0.2, 0.25) is 0 Å². The van der Waals surface area contributed by atoms with Crippen molar-refractivity contribution in [2.75, 3.05) is 0 Å². The van der Waals surface area contributed by atoms with Crippen molar-refractivity contribution >= 4 is 15.9 Å². The first kappa shape index (κ1) is 15.3. The lowest BCUT2D eigenvalue weighted by Gasteiger charge is -2.15. The van der Waals surface area contributed by atoms with E-state index in [9.17, 15) is 0 Å². The number of aryl methyl sites for hydroxylation is 1. The summed E-state index contributed by atoms with van der Waals surface area (Å²) in [5.74, 6) is 0. The molecule has 0 amide bonds. The molecule has 0 aromatic heterocycles. The van der Waals surface area contributed by atoms with Crippen molar-refractivity contribution < 1.29 is 0 Å². The van der Waals surface area contributed by atoms with E-state index in [0.717, 1.165) is 11.0 Å². The topological polar surface area (TPSA) is 12.0 Å². The largest absolute Gasteiger partial charge is 0.306 e. The maximum Gasteiger partial charge on any atom is 0.0294 e. The van der Waals surface area contributed by atoms with Gasteiger partial charge in [-0.05, 0) is 42.2 Å². The Morgan fingerprint density at radius 1 is 1.05 bits per heavy atom. The number of nitrogens with one attached hydrogen (secondary N) is 1. The third-order valence-electron chi connectivity index (χ3n) is 3.52. The molecule has 2 rings (SSSR count). The first-order valence-corrected chi connectivity index (χ1v) is 8.05. The highest BCUT2D eigenvalue weighted by Gasteiger charge is 2.05. The van der Waals surface area contributed by atoms with Gasteiger partial charge >= 0.3 is 0 Å². The Balaban J connectivity index is 1.92. The second kappa shape index (κ2) is 7.61. The molecular formula is C18H22BrN. The van der Waals surface area contributed by atoms with Crippen LogP contribution in [0.3, 0.4) is 0 Å². The van der Waals surface area contributed by atoms with Gasteiger partial charge in [0.15, 0.2) is 0 Å². The summed E-state index contributed by atoms with van der Waals surface area (Å²) in [7, 11) is 0. The zero-order valence-corrected chi connectivity index (χ0v) is 13.8. The van der Waals surface area contributed by atoms with E-state index in [1.54, 1.807) is 0 Å². The zero-order valence-electron chi connectivity index (χ0n) is 12.2. The summed E-state index contributed by atoms with van der Waals surface area (Å²) in [5, 5.41) is 3.57. The van der Waals surface area contributed by atoms with Crippen LogP contribution in [0.5, 0.6) is 0 Å². The molecule has 0 aliphatic carbocycles. The molecule has 1 N–H and O–H groups in total. The summed E-state index contributed by atoms with van der Waals surface area (Å²) < 4.78 is 1.13. The molecule has 1 atom stereocenters. The lowest BCUT2D eigenvalue weighted by Crippen LogP contribution is -2.18. The third kappa shape index (κ3) is 4.46. The number of hydrogen-bond donors (Lipinski definition) is 1. The van der Waals surface area contributed by atoms with Gasteiger partial charge in [0.25, 0.3) is 0 Å². The Labute approximate surface area is 130 Å². The molecule has 1 unspecified atom stereocenters. The summed E-state index contributed by atoms with van der Waals surface area (Å²) >= 11 is 3.51. The molecular weight excluding hydrogens is 310 g/mol. The molecule has 20 heavy (non-hydrogen) atoms. The molecule has 2 aromatic rings. The van der Waals surface area contributed by atoms with E-state index in [2.05, 4.69) is 83.6 Å². The van der Waals surface area contributed by atoms with Crippen molar-refractivity contribution in [2.24, 2.45) is 0 Å². The first-order chi connectivity index (χ1) is 9.69. The predicted molar refractivity (Wildman–Crippen MR) is 89.8 cm³/mol. The van der Waals surface area contributed by atoms with Crippen LogP contribution in [0.1, 0.15) is 43.0 Å². The number of benzene rings is 2. The van der Waals surface area contributed by atoms with E-state index >= 15 is 0 Å². The van der Waals surface area contributed by atoms with Crippen LogP contribution in [-0.2, 0) is 13.0 Å². The molecule has 0 heterocycles. The van der Waals surface area contributed by atoms with E-state index < -0.39 is 0 Å². The van der Waals surface area contributed by atoms with Gasteiger partial charge in [-0.3, -0.25) is 0 Å². The highest BCUT2D eigenvalue weighted by molar-refractivity contribution is 9.10. The normalized spacial score (nSPS) is 12.3. The van der Waals surface area contributed by atoms with Gasteiger partial charge < -0.3 is 5.32 Å². The quantitative estimate of drug-likeness (QED) is 0.761. The maximum atomic E-state index is 3.57. The van der Waals surface area contributed by atoms with Gasteiger partial charge in [-0.1, -0.05) is 65.7 Å². The minimum atomic E-state index is 0.365. The minimum Gasteiger partial charge on any atom is -0.306 e. The Morgan fingerprint density at radius 3 is 2.45 bits per heavy atom. The van der Waals surface area contributed by atoms with Crippen LogP contribution in [-0.4, -0.2) is 0 Å². The standard InChI is InChI=1S/C18H22BrN/c1-3-5-15-8-10-17(11-9-15)14(2)20-13-16-6-4-7-18(19)12-16/h4,6-12,14,20H,3,5,13H2,1-2H3. The van der Waals surface area contributed by atoms with Crippen LogP contribution >= 0.6 is 15.9 Å². The fourth-order valence-electron chi connectivity index (χ4n) is 2.30.